The maximum absolute atomic E-state index is 13.0. The first-order chi connectivity index (χ1) is 15.2. The van der Waals surface area contributed by atoms with Gasteiger partial charge in [0, 0.05) is 13.0 Å². The Kier molecular flexibility index (Phi) is 6.04. The van der Waals surface area contributed by atoms with E-state index in [0.717, 1.165) is 35.6 Å². The quantitative estimate of drug-likeness (QED) is 0.440. The van der Waals surface area contributed by atoms with Gasteiger partial charge in [-0.3, -0.25) is 18.8 Å². The van der Waals surface area contributed by atoms with Crippen molar-refractivity contribution in [2.75, 3.05) is 20.7 Å². The first-order valence-corrected chi connectivity index (χ1v) is 12.5. The van der Waals surface area contributed by atoms with E-state index >= 15 is 0 Å². The van der Waals surface area contributed by atoms with Crippen molar-refractivity contribution in [1.29, 1.82) is 0 Å². The summed E-state index contributed by atoms with van der Waals surface area (Å²) in [5, 5.41) is -0.810. The highest BCUT2D eigenvalue weighted by atomic mass is 32.2. The predicted octanol–water partition coefficient (Wildman–Crippen LogP) is 0.923. The fraction of sp³-hybridized carbons (Fsp3) is 0.714. The molecule has 0 radical (unpaired) electrons. The van der Waals surface area contributed by atoms with Crippen LogP contribution in [0.5, 0.6) is 0 Å². The van der Waals surface area contributed by atoms with Gasteiger partial charge in [-0.1, -0.05) is 25.7 Å². The average Bonchev–Trinajstić information content (AvgIpc) is 3.02. The predicted molar refractivity (Wildman–Crippen MR) is 110 cm³/mol. The third kappa shape index (κ3) is 3.60. The molecular weight excluding hydrogens is 440 g/mol. The van der Waals surface area contributed by atoms with Gasteiger partial charge in [-0.05, 0) is 25.7 Å². The van der Waals surface area contributed by atoms with Crippen LogP contribution in [0.3, 0.4) is 0 Å². The fourth-order valence-corrected chi connectivity index (χ4v) is 7.50. The van der Waals surface area contributed by atoms with E-state index in [1.807, 2.05) is 0 Å². The van der Waals surface area contributed by atoms with Crippen LogP contribution in [0, 0.1) is 17.8 Å². The summed E-state index contributed by atoms with van der Waals surface area (Å²) < 4.78 is 37.1. The number of rotatable bonds is 4. The maximum Gasteiger partial charge on any atom is 0.358 e. The number of fused-ring (bicyclic) bond motifs is 2. The molecule has 4 atom stereocenters. The molecule has 32 heavy (non-hydrogen) atoms. The lowest BCUT2D eigenvalue weighted by Crippen LogP contribution is -2.50. The normalized spacial score (nSPS) is 31.8. The number of carbonyl (C=O) groups excluding carboxylic acids is 4. The van der Waals surface area contributed by atoms with E-state index in [-0.39, 0.29) is 35.1 Å². The molecule has 4 aliphatic rings. The lowest BCUT2D eigenvalue weighted by Gasteiger charge is -2.40. The number of likely N-dealkylation sites (N-methyl/N-ethyl adjacent to an activating group) is 1. The van der Waals surface area contributed by atoms with Crippen LogP contribution in [-0.2, 0) is 38.7 Å². The molecule has 176 valence electrons. The minimum atomic E-state index is -3.82. The van der Waals surface area contributed by atoms with Crippen LogP contribution in [-0.4, -0.2) is 67.3 Å². The largest absolute Gasteiger partial charge is 0.464 e. The van der Waals surface area contributed by atoms with Crippen LogP contribution in [0.4, 0.5) is 0 Å². The molecule has 0 bridgehead atoms. The molecule has 3 fully saturated rings. The highest BCUT2D eigenvalue weighted by molar-refractivity contribution is 7.90. The molecule has 2 amide bonds. The van der Waals surface area contributed by atoms with Crippen LogP contribution >= 0.6 is 0 Å². The van der Waals surface area contributed by atoms with E-state index in [4.69, 9.17) is 9.47 Å². The maximum atomic E-state index is 13.0. The molecule has 2 aliphatic heterocycles. The number of likely N-dealkylation sites (tertiary alicyclic amines) is 1. The summed E-state index contributed by atoms with van der Waals surface area (Å²) in [6.45, 7) is -0.559. The number of ether oxygens (including phenoxy) is 2. The molecule has 2 heterocycles. The average molecular weight is 469 g/mol. The van der Waals surface area contributed by atoms with Crippen molar-refractivity contribution in [1.82, 2.24) is 9.21 Å². The van der Waals surface area contributed by atoms with Gasteiger partial charge in [-0.25, -0.2) is 18.0 Å². The summed E-state index contributed by atoms with van der Waals surface area (Å²) in [7, 11) is -1.47. The summed E-state index contributed by atoms with van der Waals surface area (Å²) in [5.41, 5.74) is -0.336. The molecule has 0 spiro atoms. The number of amides is 2. The Hall–Kier alpha value is -2.43. The Labute approximate surface area is 186 Å². The first-order valence-electron chi connectivity index (χ1n) is 11.0. The van der Waals surface area contributed by atoms with Gasteiger partial charge in [-0.15, -0.1) is 0 Å². The molecule has 0 aromatic heterocycles. The Morgan fingerprint density at radius 3 is 2.03 bits per heavy atom. The van der Waals surface area contributed by atoms with E-state index in [0.29, 0.717) is 32.1 Å². The molecule has 0 aromatic rings. The minimum absolute atomic E-state index is 0.0552. The summed E-state index contributed by atoms with van der Waals surface area (Å²) in [4.78, 5) is 51.6. The van der Waals surface area contributed by atoms with Crippen molar-refractivity contribution in [2.45, 2.75) is 56.6 Å². The van der Waals surface area contributed by atoms with Crippen LogP contribution in [0.2, 0.25) is 0 Å². The van der Waals surface area contributed by atoms with E-state index in [1.165, 1.54) is 7.05 Å². The summed E-state index contributed by atoms with van der Waals surface area (Å²) in [6.07, 6.45) is 5.27. The molecule has 1 saturated heterocycles. The van der Waals surface area contributed by atoms with E-state index in [1.54, 1.807) is 0 Å². The molecule has 2 saturated carbocycles. The summed E-state index contributed by atoms with van der Waals surface area (Å²) in [6, 6.07) is 0. The Morgan fingerprint density at radius 1 is 0.938 bits per heavy atom. The number of carbonyl (C=O) groups is 4. The number of imide groups is 1. The SMILES string of the molecule is COC(=O)C1=C(OC(=O)CN2C(=O)C3CCCCC3C2=O)C2CCCCC2S(=O)(=O)N1C. The molecule has 0 aromatic carbocycles. The first kappa shape index (κ1) is 22.8. The van der Waals surface area contributed by atoms with Gasteiger partial charge < -0.3 is 9.47 Å². The van der Waals surface area contributed by atoms with E-state index in [2.05, 4.69) is 0 Å². The number of hydrogen-bond acceptors (Lipinski definition) is 8. The molecule has 0 N–H and O–H groups in total. The standard InChI is InChI=1S/C21H28N2O8S/c1-22-17(21(27)30-2)18(14-9-5-6-10-15(14)32(22,28)29)31-16(24)11-23-19(25)12-7-3-4-8-13(12)20(23)26/h12-15H,3-11H2,1-2H3. The summed E-state index contributed by atoms with van der Waals surface area (Å²) >= 11 is 0. The molecule has 2 aliphatic carbocycles. The second-order valence-corrected chi connectivity index (χ2v) is 11.1. The number of nitrogens with zero attached hydrogens (tertiary/aromatic N) is 2. The third-order valence-electron chi connectivity index (χ3n) is 7.17. The lowest BCUT2D eigenvalue weighted by atomic mass is 9.81. The summed E-state index contributed by atoms with van der Waals surface area (Å²) in [5.74, 6) is -4.03. The van der Waals surface area contributed by atoms with Crippen LogP contribution in [0.25, 0.3) is 0 Å². The van der Waals surface area contributed by atoms with Gasteiger partial charge in [0.2, 0.25) is 21.8 Å². The second-order valence-electron chi connectivity index (χ2n) is 8.88. The van der Waals surface area contributed by atoms with E-state index < -0.39 is 39.7 Å². The van der Waals surface area contributed by atoms with Gasteiger partial charge in [0.05, 0.1) is 24.2 Å². The lowest BCUT2D eigenvalue weighted by molar-refractivity contribution is -0.151. The minimum Gasteiger partial charge on any atom is -0.464 e. The molecular formula is C21H28N2O8S. The van der Waals surface area contributed by atoms with Gasteiger partial charge in [0.1, 0.15) is 12.3 Å². The molecule has 4 unspecified atom stereocenters. The fourth-order valence-electron chi connectivity index (χ4n) is 5.54. The zero-order valence-electron chi connectivity index (χ0n) is 18.2. The monoisotopic (exact) mass is 468 g/mol. The van der Waals surface area contributed by atoms with Crippen molar-refractivity contribution in [3.63, 3.8) is 0 Å². The number of esters is 2. The van der Waals surface area contributed by atoms with Crippen LogP contribution in [0.15, 0.2) is 11.5 Å². The zero-order valence-corrected chi connectivity index (χ0v) is 19.1. The topological polar surface area (TPSA) is 127 Å². The van der Waals surface area contributed by atoms with Gasteiger partial charge in [-0.2, -0.15) is 0 Å². The van der Waals surface area contributed by atoms with Crippen LogP contribution in [0.1, 0.15) is 51.4 Å². The van der Waals surface area contributed by atoms with Gasteiger partial charge >= 0.3 is 11.9 Å². The van der Waals surface area contributed by atoms with Gasteiger partial charge in [0.15, 0.2) is 5.70 Å². The van der Waals surface area contributed by atoms with Crippen molar-refractivity contribution in [3.05, 3.63) is 11.5 Å². The van der Waals surface area contributed by atoms with Gasteiger partial charge in [0.25, 0.3) is 0 Å². The van der Waals surface area contributed by atoms with Crippen LogP contribution < -0.4 is 0 Å². The third-order valence-corrected chi connectivity index (χ3v) is 9.45. The Bertz CT molecular complexity index is 964. The number of sulfonamides is 1. The number of methoxy groups -OCH3 is 1. The second kappa shape index (κ2) is 8.49. The smallest absolute Gasteiger partial charge is 0.358 e. The zero-order chi connectivity index (χ0) is 23.2. The van der Waals surface area contributed by atoms with E-state index in [9.17, 15) is 27.6 Å². The van der Waals surface area contributed by atoms with Crippen molar-refractivity contribution in [2.24, 2.45) is 17.8 Å². The Balaban J connectivity index is 1.61. The molecule has 10 nitrogen and oxygen atoms in total. The van der Waals surface area contributed by atoms with Crippen molar-refractivity contribution < 1.29 is 37.1 Å². The highest BCUT2D eigenvalue weighted by Gasteiger charge is 2.51. The van der Waals surface area contributed by atoms with Crippen molar-refractivity contribution in [3.8, 4) is 0 Å². The molecule has 11 heteroatoms. The highest BCUT2D eigenvalue weighted by Crippen LogP contribution is 2.43. The molecule has 4 rings (SSSR count). The number of allylic oxidation sites excluding steroid dienone is 1. The number of hydrogen-bond donors (Lipinski definition) is 0. The van der Waals surface area contributed by atoms with Crippen molar-refractivity contribution >= 4 is 33.8 Å². The Morgan fingerprint density at radius 2 is 1.47 bits per heavy atom.